The number of aliphatic hydroxyl groups is 1. The Morgan fingerprint density at radius 2 is 2.00 bits per heavy atom. The molecule has 0 atom stereocenters. The van der Waals surface area contributed by atoms with E-state index in [9.17, 15) is 8.42 Å². The molecule has 0 radical (unpaired) electrons. The summed E-state index contributed by atoms with van der Waals surface area (Å²) < 4.78 is 22.2. The largest absolute Gasteiger partial charge is 0.392 e. The molecule has 0 aliphatic heterocycles. The van der Waals surface area contributed by atoms with Crippen molar-refractivity contribution in [2.45, 2.75) is 18.4 Å². The second-order valence-corrected chi connectivity index (χ2v) is 5.03. The van der Waals surface area contributed by atoms with Gasteiger partial charge in [-0.1, -0.05) is 6.07 Å². The lowest BCUT2D eigenvalue weighted by atomic mass is 10.1. The molecule has 3 nitrogen and oxygen atoms in total. The van der Waals surface area contributed by atoms with E-state index >= 15 is 0 Å². The van der Waals surface area contributed by atoms with Gasteiger partial charge in [0.25, 0.3) is 0 Å². The topological polar surface area (TPSA) is 54.4 Å². The molecule has 0 aliphatic rings. The number of aryl methyl sites for hydroxylation is 1. The molecule has 0 fully saturated rings. The predicted octanol–water partition coefficient (Wildman–Crippen LogP) is 0.891. The van der Waals surface area contributed by atoms with Gasteiger partial charge in [-0.05, 0) is 30.2 Å². The van der Waals surface area contributed by atoms with Crippen LogP contribution in [0, 0.1) is 6.92 Å². The van der Waals surface area contributed by atoms with Crippen LogP contribution >= 0.6 is 0 Å². The Kier molecular flexibility index (Phi) is 2.73. The number of rotatable bonds is 2. The van der Waals surface area contributed by atoms with Crippen molar-refractivity contribution in [3.05, 3.63) is 29.3 Å². The molecule has 1 N–H and O–H groups in total. The molecule has 72 valence electrons. The molecule has 0 amide bonds. The second-order valence-electron chi connectivity index (χ2n) is 3.02. The molecule has 0 unspecified atom stereocenters. The van der Waals surface area contributed by atoms with Gasteiger partial charge in [-0.2, -0.15) is 0 Å². The second kappa shape index (κ2) is 3.47. The molecule has 4 heteroatoms. The van der Waals surface area contributed by atoms with E-state index in [1.165, 1.54) is 12.3 Å². The van der Waals surface area contributed by atoms with Gasteiger partial charge in [0.2, 0.25) is 0 Å². The molecule has 13 heavy (non-hydrogen) atoms. The predicted molar refractivity (Wildman–Crippen MR) is 50.2 cm³/mol. The standard InChI is InChI=1S/C9H12O3S/c1-7-5-9(13(2,11)12)4-3-8(7)6-10/h3-5,10H,6H2,1-2H3. The Bertz CT molecular complexity index is 407. The molecule has 1 aromatic rings. The third-order valence-electron chi connectivity index (χ3n) is 1.91. The normalized spacial score (nSPS) is 11.6. The van der Waals surface area contributed by atoms with Crippen LogP contribution in [0.15, 0.2) is 23.1 Å². The molecule has 1 aromatic carbocycles. The third kappa shape index (κ3) is 2.29. The van der Waals surface area contributed by atoms with Gasteiger partial charge >= 0.3 is 0 Å². The summed E-state index contributed by atoms with van der Waals surface area (Å²) in [6.07, 6.45) is 1.17. The first kappa shape index (κ1) is 10.2. The van der Waals surface area contributed by atoms with Crippen LogP contribution in [0.1, 0.15) is 11.1 Å². The first-order chi connectivity index (χ1) is 5.95. The maximum absolute atomic E-state index is 11.1. The summed E-state index contributed by atoms with van der Waals surface area (Å²) >= 11 is 0. The number of hydrogen-bond acceptors (Lipinski definition) is 3. The molecule has 0 spiro atoms. The van der Waals surface area contributed by atoms with Crippen LogP contribution < -0.4 is 0 Å². The minimum atomic E-state index is -3.13. The molecule has 0 bridgehead atoms. The van der Waals surface area contributed by atoms with Crippen molar-refractivity contribution >= 4 is 9.84 Å². The van der Waals surface area contributed by atoms with Crippen molar-refractivity contribution < 1.29 is 13.5 Å². The highest BCUT2D eigenvalue weighted by Crippen LogP contribution is 2.14. The van der Waals surface area contributed by atoms with Crippen molar-refractivity contribution in [1.29, 1.82) is 0 Å². The summed E-state index contributed by atoms with van der Waals surface area (Å²) in [6, 6.07) is 4.71. The maximum atomic E-state index is 11.1. The fourth-order valence-electron chi connectivity index (χ4n) is 1.08. The van der Waals surface area contributed by atoms with Crippen molar-refractivity contribution in [2.75, 3.05) is 6.26 Å². The number of benzene rings is 1. The van der Waals surface area contributed by atoms with Gasteiger partial charge in [-0.15, -0.1) is 0 Å². The van der Waals surface area contributed by atoms with Crippen LogP contribution in [0.4, 0.5) is 0 Å². The van der Waals surface area contributed by atoms with Crippen LogP contribution in [0.3, 0.4) is 0 Å². The average molecular weight is 200 g/mol. The van der Waals surface area contributed by atoms with Gasteiger partial charge < -0.3 is 5.11 Å². The maximum Gasteiger partial charge on any atom is 0.175 e. The van der Waals surface area contributed by atoms with Gasteiger partial charge in [0.05, 0.1) is 11.5 Å². The summed E-state index contributed by atoms with van der Waals surface area (Å²) in [5.41, 5.74) is 1.55. The Hall–Kier alpha value is -0.870. The SMILES string of the molecule is Cc1cc(S(C)(=O)=O)ccc1CO. The van der Waals surface area contributed by atoms with E-state index in [0.717, 1.165) is 11.1 Å². The molecule has 0 aliphatic carbocycles. The van der Waals surface area contributed by atoms with E-state index < -0.39 is 9.84 Å². The lowest BCUT2D eigenvalue weighted by Crippen LogP contribution is -1.99. The number of sulfone groups is 1. The first-order valence-electron chi connectivity index (χ1n) is 3.85. The first-order valence-corrected chi connectivity index (χ1v) is 5.74. The highest BCUT2D eigenvalue weighted by Gasteiger charge is 2.07. The number of hydrogen-bond donors (Lipinski definition) is 1. The summed E-state index contributed by atoms with van der Waals surface area (Å²) in [5.74, 6) is 0. The summed E-state index contributed by atoms with van der Waals surface area (Å²) in [4.78, 5) is 0.294. The van der Waals surface area contributed by atoms with Gasteiger partial charge in [0, 0.05) is 6.26 Å². The highest BCUT2D eigenvalue weighted by molar-refractivity contribution is 7.90. The van der Waals surface area contributed by atoms with Crippen LogP contribution in [-0.4, -0.2) is 19.8 Å². The van der Waals surface area contributed by atoms with Crippen LogP contribution in [0.2, 0.25) is 0 Å². The lowest BCUT2D eigenvalue weighted by Gasteiger charge is -2.04. The van der Waals surface area contributed by atoms with Gasteiger partial charge in [0.15, 0.2) is 9.84 Å². The van der Waals surface area contributed by atoms with Crippen LogP contribution in [-0.2, 0) is 16.4 Å². The molecule has 1 rings (SSSR count). The van der Waals surface area contributed by atoms with Gasteiger partial charge in [-0.3, -0.25) is 0 Å². The van der Waals surface area contributed by atoms with E-state index in [1.807, 2.05) is 0 Å². The zero-order valence-electron chi connectivity index (χ0n) is 7.61. The van der Waals surface area contributed by atoms with Crippen LogP contribution in [0.25, 0.3) is 0 Å². The van der Waals surface area contributed by atoms with E-state index in [1.54, 1.807) is 19.1 Å². The average Bonchev–Trinajstić information content (AvgIpc) is 2.02. The monoisotopic (exact) mass is 200 g/mol. The fraction of sp³-hybridized carbons (Fsp3) is 0.333. The molecule has 0 heterocycles. The van der Waals surface area contributed by atoms with E-state index in [0.29, 0.717) is 4.90 Å². The Morgan fingerprint density at radius 3 is 2.38 bits per heavy atom. The van der Waals surface area contributed by atoms with E-state index in [2.05, 4.69) is 0 Å². The van der Waals surface area contributed by atoms with Crippen molar-refractivity contribution in [3.63, 3.8) is 0 Å². The smallest absolute Gasteiger partial charge is 0.175 e. The third-order valence-corrected chi connectivity index (χ3v) is 3.02. The summed E-state index contributed by atoms with van der Waals surface area (Å²) in [6.45, 7) is 1.72. The Morgan fingerprint density at radius 1 is 1.38 bits per heavy atom. The van der Waals surface area contributed by atoms with E-state index in [4.69, 9.17) is 5.11 Å². The fourth-order valence-corrected chi connectivity index (χ4v) is 1.78. The molecule has 0 saturated carbocycles. The zero-order chi connectivity index (χ0) is 10.1. The highest BCUT2D eigenvalue weighted by atomic mass is 32.2. The molecule has 0 aromatic heterocycles. The summed E-state index contributed by atoms with van der Waals surface area (Å²) in [7, 11) is -3.13. The molecular formula is C9H12O3S. The zero-order valence-corrected chi connectivity index (χ0v) is 8.43. The van der Waals surface area contributed by atoms with Gasteiger partial charge in [-0.25, -0.2) is 8.42 Å². The molecule has 0 saturated heterocycles. The van der Waals surface area contributed by atoms with Crippen LogP contribution in [0.5, 0.6) is 0 Å². The molecular weight excluding hydrogens is 188 g/mol. The summed E-state index contributed by atoms with van der Waals surface area (Å²) in [5, 5.41) is 8.86. The van der Waals surface area contributed by atoms with Crippen molar-refractivity contribution in [1.82, 2.24) is 0 Å². The Balaban J connectivity index is 3.26. The van der Waals surface area contributed by atoms with Crippen molar-refractivity contribution in [2.24, 2.45) is 0 Å². The van der Waals surface area contributed by atoms with Gasteiger partial charge in [0.1, 0.15) is 0 Å². The Labute approximate surface area is 77.9 Å². The quantitative estimate of drug-likeness (QED) is 0.771. The van der Waals surface area contributed by atoms with Crippen molar-refractivity contribution in [3.8, 4) is 0 Å². The lowest BCUT2D eigenvalue weighted by molar-refractivity contribution is 0.281. The minimum absolute atomic E-state index is 0.0596. The minimum Gasteiger partial charge on any atom is -0.392 e. The number of aliphatic hydroxyl groups excluding tert-OH is 1. The van der Waals surface area contributed by atoms with E-state index in [-0.39, 0.29) is 6.61 Å².